The maximum absolute atomic E-state index is 12.6. The van der Waals surface area contributed by atoms with Crippen LogP contribution in [0.2, 0.25) is 0 Å². The predicted octanol–water partition coefficient (Wildman–Crippen LogP) is 1.50. The maximum atomic E-state index is 12.6. The fourth-order valence-electron chi connectivity index (χ4n) is 2.88. The normalized spacial score (nSPS) is 21.7. The van der Waals surface area contributed by atoms with Gasteiger partial charge < -0.3 is 10.2 Å². The van der Waals surface area contributed by atoms with E-state index < -0.39 is 0 Å². The minimum Gasteiger partial charge on any atom is -0.350 e. The van der Waals surface area contributed by atoms with E-state index in [0.29, 0.717) is 0 Å². The SMILES string of the molecule is CN1CCC[C@H](NC(=O)[C@H](c2ccccc2)N(C)C)C1. The Morgan fingerprint density at radius 3 is 2.65 bits per heavy atom. The third-order valence-corrected chi connectivity index (χ3v) is 3.85. The quantitative estimate of drug-likeness (QED) is 0.904. The van der Waals surface area contributed by atoms with E-state index in [1.165, 1.54) is 0 Å². The van der Waals surface area contributed by atoms with Crippen LogP contribution in [0.25, 0.3) is 0 Å². The number of likely N-dealkylation sites (tertiary alicyclic amines) is 1. The zero-order valence-electron chi connectivity index (χ0n) is 12.7. The second-order valence-corrected chi connectivity index (χ2v) is 5.89. The van der Waals surface area contributed by atoms with Gasteiger partial charge in [0.25, 0.3) is 0 Å². The van der Waals surface area contributed by atoms with Gasteiger partial charge in [-0.15, -0.1) is 0 Å². The molecule has 20 heavy (non-hydrogen) atoms. The summed E-state index contributed by atoms with van der Waals surface area (Å²) in [6, 6.07) is 10.0. The molecule has 4 heteroatoms. The van der Waals surface area contributed by atoms with Crippen molar-refractivity contribution in [2.75, 3.05) is 34.2 Å². The molecule has 0 saturated carbocycles. The molecule has 0 radical (unpaired) electrons. The van der Waals surface area contributed by atoms with Gasteiger partial charge in [0.15, 0.2) is 0 Å². The second-order valence-electron chi connectivity index (χ2n) is 5.89. The fourth-order valence-corrected chi connectivity index (χ4v) is 2.88. The van der Waals surface area contributed by atoms with Crippen molar-refractivity contribution in [3.8, 4) is 0 Å². The van der Waals surface area contributed by atoms with Crippen LogP contribution in [0, 0.1) is 0 Å². The van der Waals surface area contributed by atoms with Crippen molar-refractivity contribution in [3.05, 3.63) is 35.9 Å². The van der Waals surface area contributed by atoms with Gasteiger partial charge in [-0.25, -0.2) is 0 Å². The average Bonchev–Trinajstić information content (AvgIpc) is 2.39. The highest BCUT2D eigenvalue weighted by Crippen LogP contribution is 2.19. The van der Waals surface area contributed by atoms with E-state index in [0.717, 1.165) is 31.5 Å². The number of likely N-dealkylation sites (N-methyl/N-ethyl adjacent to an activating group) is 2. The molecule has 0 aromatic heterocycles. The highest BCUT2D eigenvalue weighted by atomic mass is 16.2. The molecule has 1 aromatic carbocycles. The summed E-state index contributed by atoms with van der Waals surface area (Å²) in [6.45, 7) is 2.07. The molecule has 2 rings (SSSR count). The van der Waals surface area contributed by atoms with Crippen molar-refractivity contribution in [1.82, 2.24) is 15.1 Å². The van der Waals surface area contributed by atoms with Crippen LogP contribution in [0.3, 0.4) is 0 Å². The third-order valence-electron chi connectivity index (χ3n) is 3.85. The van der Waals surface area contributed by atoms with Crippen LogP contribution in [0.15, 0.2) is 30.3 Å². The largest absolute Gasteiger partial charge is 0.350 e. The Morgan fingerprint density at radius 1 is 1.35 bits per heavy atom. The zero-order chi connectivity index (χ0) is 14.5. The van der Waals surface area contributed by atoms with Gasteiger partial charge in [0.2, 0.25) is 5.91 Å². The number of amides is 1. The summed E-state index contributed by atoms with van der Waals surface area (Å²) in [5, 5.41) is 3.21. The van der Waals surface area contributed by atoms with Crippen molar-refractivity contribution >= 4 is 5.91 Å². The molecule has 0 bridgehead atoms. The third kappa shape index (κ3) is 3.81. The number of carbonyl (C=O) groups is 1. The molecule has 1 heterocycles. The summed E-state index contributed by atoms with van der Waals surface area (Å²) in [5.41, 5.74) is 1.04. The lowest BCUT2D eigenvalue weighted by Crippen LogP contribution is -2.49. The number of carbonyl (C=O) groups excluding carboxylic acids is 1. The van der Waals surface area contributed by atoms with Gasteiger partial charge in [-0.1, -0.05) is 30.3 Å². The van der Waals surface area contributed by atoms with Crippen molar-refractivity contribution < 1.29 is 4.79 Å². The van der Waals surface area contributed by atoms with Crippen LogP contribution in [0.1, 0.15) is 24.4 Å². The smallest absolute Gasteiger partial charge is 0.242 e. The van der Waals surface area contributed by atoms with E-state index in [1.807, 2.05) is 49.3 Å². The van der Waals surface area contributed by atoms with Crippen molar-refractivity contribution in [2.24, 2.45) is 0 Å². The van der Waals surface area contributed by atoms with Gasteiger partial charge in [-0.2, -0.15) is 0 Å². The van der Waals surface area contributed by atoms with E-state index >= 15 is 0 Å². The summed E-state index contributed by atoms with van der Waals surface area (Å²) < 4.78 is 0. The van der Waals surface area contributed by atoms with E-state index in [1.54, 1.807) is 0 Å². The summed E-state index contributed by atoms with van der Waals surface area (Å²) in [6.07, 6.45) is 2.23. The lowest BCUT2D eigenvalue weighted by atomic mass is 10.0. The number of benzene rings is 1. The Morgan fingerprint density at radius 2 is 2.05 bits per heavy atom. The zero-order valence-corrected chi connectivity index (χ0v) is 12.7. The first-order valence-corrected chi connectivity index (χ1v) is 7.28. The van der Waals surface area contributed by atoms with Crippen LogP contribution in [-0.4, -0.2) is 56.0 Å². The predicted molar refractivity (Wildman–Crippen MR) is 81.5 cm³/mol. The molecular formula is C16H25N3O. The molecule has 4 nitrogen and oxygen atoms in total. The average molecular weight is 275 g/mol. The fraction of sp³-hybridized carbons (Fsp3) is 0.562. The molecule has 110 valence electrons. The monoisotopic (exact) mass is 275 g/mol. The maximum Gasteiger partial charge on any atom is 0.242 e. The topological polar surface area (TPSA) is 35.6 Å². The van der Waals surface area contributed by atoms with Gasteiger partial charge in [0.05, 0.1) is 0 Å². The molecule has 1 N–H and O–H groups in total. The molecule has 0 unspecified atom stereocenters. The Balaban J connectivity index is 2.04. The molecule has 0 aliphatic carbocycles. The Labute approximate surface area is 121 Å². The molecule has 2 atom stereocenters. The van der Waals surface area contributed by atoms with Gasteiger partial charge in [-0.3, -0.25) is 9.69 Å². The highest BCUT2D eigenvalue weighted by molar-refractivity contribution is 5.83. The summed E-state index contributed by atoms with van der Waals surface area (Å²) in [5.74, 6) is 0.0986. The first kappa shape index (κ1) is 15.0. The van der Waals surface area contributed by atoms with Gasteiger partial charge in [-0.05, 0) is 46.1 Å². The molecule has 1 aromatic rings. The highest BCUT2D eigenvalue weighted by Gasteiger charge is 2.26. The lowest BCUT2D eigenvalue weighted by molar-refractivity contribution is -0.126. The Bertz CT molecular complexity index is 433. The Kier molecular flexibility index (Phi) is 5.15. The molecule has 1 fully saturated rings. The molecule has 1 amide bonds. The van der Waals surface area contributed by atoms with Gasteiger partial charge in [0, 0.05) is 12.6 Å². The van der Waals surface area contributed by atoms with E-state index in [9.17, 15) is 4.79 Å². The van der Waals surface area contributed by atoms with Crippen LogP contribution < -0.4 is 5.32 Å². The summed E-state index contributed by atoms with van der Waals surface area (Å²) in [7, 11) is 6.01. The second kappa shape index (κ2) is 6.86. The van der Waals surface area contributed by atoms with Crippen LogP contribution >= 0.6 is 0 Å². The number of nitrogens with one attached hydrogen (secondary N) is 1. The van der Waals surface area contributed by atoms with E-state index in [-0.39, 0.29) is 18.0 Å². The molecule has 1 saturated heterocycles. The minimum absolute atomic E-state index is 0.0986. The van der Waals surface area contributed by atoms with E-state index in [4.69, 9.17) is 0 Å². The number of hydrogen-bond acceptors (Lipinski definition) is 3. The van der Waals surface area contributed by atoms with E-state index in [2.05, 4.69) is 17.3 Å². The molecule has 0 spiro atoms. The number of rotatable bonds is 4. The van der Waals surface area contributed by atoms with Crippen LogP contribution in [0.5, 0.6) is 0 Å². The first-order valence-electron chi connectivity index (χ1n) is 7.28. The van der Waals surface area contributed by atoms with Crippen molar-refractivity contribution in [1.29, 1.82) is 0 Å². The molecular weight excluding hydrogens is 250 g/mol. The number of hydrogen-bond donors (Lipinski definition) is 1. The summed E-state index contributed by atoms with van der Waals surface area (Å²) >= 11 is 0. The first-order chi connectivity index (χ1) is 9.58. The lowest BCUT2D eigenvalue weighted by Gasteiger charge is -2.32. The van der Waals surface area contributed by atoms with Gasteiger partial charge in [0.1, 0.15) is 6.04 Å². The standard InChI is InChI=1S/C16H25N3O/c1-18(2)15(13-8-5-4-6-9-13)16(20)17-14-10-7-11-19(3)12-14/h4-6,8-9,14-15H,7,10-12H2,1-3H3,(H,17,20)/t14-,15-/m0/s1. The van der Waals surface area contributed by atoms with Crippen LogP contribution in [0.4, 0.5) is 0 Å². The summed E-state index contributed by atoms with van der Waals surface area (Å²) in [4.78, 5) is 16.8. The number of nitrogens with zero attached hydrogens (tertiary/aromatic N) is 2. The molecule has 1 aliphatic heterocycles. The van der Waals surface area contributed by atoms with Crippen molar-refractivity contribution in [3.63, 3.8) is 0 Å². The number of piperidine rings is 1. The van der Waals surface area contributed by atoms with Crippen molar-refractivity contribution in [2.45, 2.75) is 24.9 Å². The molecule has 1 aliphatic rings. The minimum atomic E-state index is -0.219. The van der Waals surface area contributed by atoms with Gasteiger partial charge >= 0.3 is 0 Å². The van der Waals surface area contributed by atoms with Crippen LogP contribution in [-0.2, 0) is 4.79 Å². The Hall–Kier alpha value is -1.39.